The average molecular weight is 172 g/mol. The van der Waals surface area contributed by atoms with Crippen LogP contribution in [-0.4, -0.2) is 20.8 Å². The van der Waals surface area contributed by atoms with Gasteiger partial charge in [0.05, 0.1) is 11.8 Å². The average Bonchev–Trinajstić information content (AvgIpc) is 2.31. The van der Waals surface area contributed by atoms with E-state index >= 15 is 0 Å². The standard InChI is InChI=1S/C7H12N2OS/c1-5(10)3-4-7-6(2)8-9-11-7/h5,10H,3-4H2,1-2H3. The molecule has 62 valence electrons. The lowest BCUT2D eigenvalue weighted by Crippen LogP contribution is -2.00. The second-order valence-electron chi connectivity index (χ2n) is 2.67. The van der Waals surface area contributed by atoms with Crippen LogP contribution in [0.5, 0.6) is 0 Å². The predicted molar refractivity (Wildman–Crippen MR) is 44.6 cm³/mol. The van der Waals surface area contributed by atoms with Crippen molar-refractivity contribution < 1.29 is 5.11 Å². The van der Waals surface area contributed by atoms with Crippen LogP contribution in [0.2, 0.25) is 0 Å². The zero-order valence-corrected chi connectivity index (χ0v) is 7.56. The van der Waals surface area contributed by atoms with Crippen molar-refractivity contribution in [2.45, 2.75) is 32.8 Å². The Hall–Kier alpha value is -0.480. The minimum Gasteiger partial charge on any atom is -0.393 e. The summed E-state index contributed by atoms with van der Waals surface area (Å²) in [5.74, 6) is 0. The number of aryl methyl sites for hydroxylation is 2. The molecule has 0 bridgehead atoms. The topological polar surface area (TPSA) is 46.0 Å². The van der Waals surface area contributed by atoms with E-state index in [-0.39, 0.29) is 6.10 Å². The van der Waals surface area contributed by atoms with Gasteiger partial charge < -0.3 is 5.11 Å². The van der Waals surface area contributed by atoms with E-state index in [4.69, 9.17) is 5.11 Å². The first-order valence-electron chi connectivity index (χ1n) is 3.66. The maximum Gasteiger partial charge on any atom is 0.0756 e. The molecule has 0 spiro atoms. The van der Waals surface area contributed by atoms with Crippen molar-refractivity contribution >= 4 is 11.5 Å². The molecule has 0 saturated heterocycles. The summed E-state index contributed by atoms with van der Waals surface area (Å²) in [6.45, 7) is 3.74. The Morgan fingerprint density at radius 3 is 2.82 bits per heavy atom. The zero-order chi connectivity index (χ0) is 8.27. The molecule has 4 heteroatoms. The highest BCUT2D eigenvalue weighted by atomic mass is 32.1. The Morgan fingerprint density at radius 1 is 1.64 bits per heavy atom. The highest BCUT2D eigenvalue weighted by Crippen LogP contribution is 2.12. The second-order valence-corrected chi connectivity index (χ2v) is 3.51. The number of aromatic nitrogens is 2. The Balaban J connectivity index is 2.44. The third-order valence-electron chi connectivity index (χ3n) is 1.53. The van der Waals surface area contributed by atoms with Gasteiger partial charge in [0, 0.05) is 4.88 Å². The Bertz CT molecular complexity index is 222. The summed E-state index contributed by atoms with van der Waals surface area (Å²) >= 11 is 1.42. The number of aliphatic hydroxyl groups is 1. The lowest BCUT2D eigenvalue weighted by Gasteiger charge is -2.00. The molecular formula is C7H12N2OS. The van der Waals surface area contributed by atoms with Crippen molar-refractivity contribution in [1.82, 2.24) is 9.59 Å². The quantitative estimate of drug-likeness (QED) is 0.744. The van der Waals surface area contributed by atoms with Crippen LogP contribution in [0.25, 0.3) is 0 Å². The zero-order valence-electron chi connectivity index (χ0n) is 6.74. The number of rotatable bonds is 3. The molecule has 0 saturated carbocycles. The first-order valence-corrected chi connectivity index (χ1v) is 4.43. The summed E-state index contributed by atoms with van der Waals surface area (Å²) in [6.07, 6.45) is 1.46. The van der Waals surface area contributed by atoms with Gasteiger partial charge in [0.15, 0.2) is 0 Å². The SMILES string of the molecule is Cc1nnsc1CCC(C)O. The molecule has 11 heavy (non-hydrogen) atoms. The Morgan fingerprint density at radius 2 is 2.36 bits per heavy atom. The molecule has 0 aliphatic carbocycles. The van der Waals surface area contributed by atoms with Crippen LogP contribution in [0.4, 0.5) is 0 Å². The van der Waals surface area contributed by atoms with Crippen LogP contribution in [0.15, 0.2) is 0 Å². The Labute approximate surface area is 70.2 Å². The maximum absolute atomic E-state index is 9.01. The van der Waals surface area contributed by atoms with Crippen molar-refractivity contribution in [3.05, 3.63) is 10.6 Å². The highest BCUT2D eigenvalue weighted by molar-refractivity contribution is 7.05. The molecule has 1 unspecified atom stereocenters. The van der Waals surface area contributed by atoms with Gasteiger partial charge >= 0.3 is 0 Å². The molecule has 0 aliphatic heterocycles. The first kappa shape index (κ1) is 8.62. The van der Waals surface area contributed by atoms with Gasteiger partial charge in [-0.15, -0.1) is 5.10 Å². The summed E-state index contributed by atoms with van der Waals surface area (Å²) in [6, 6.07) is 0. The lowest BCUT2D eigenvalue weighted by molar-refractivity contribution is 0.185. The number of nitrogens with zero attached hydrogens (tertiary/aromatic N) is 2. The fourth-order valence-electron chi connectivity index (χ4n) is 0.819. The van der Waals surface area contributed by atoms with Crippen LogP contribution in [0.3, 0.4) is 0 Å². The van der Waals surface area contributed by atoms with Gasteiger partial charge in [0.25, 0.3) is 0 Å². The summed E-state index contributed by atoms with van der Waals surface area (Å²) < 4.78 is 3.81. The summed E-state index contributed by atoms with van der Waals surface area (Å²) in [5, 5.41) is 12.9. The van der Waals surface area contributed by atoms with Gasteiger partial charge in [-0.1, -0.05) is 4.49 Å². The van der Waals surface area contributed by atoms with E-state index in [1.54, 1.807) is 6.92 Å². The number of hydrogen-bond acceptors (Lipinski definition) is 4. The van der Waals surface area contributed by atoms with Crippen molar-refractivity contribution in [1.29, 1.82) is 0 Å². The third-order valence-corrected chi connectivity index (χ3v) is 2.42. The van der Waals surface area contributed by atoms with E-state index in [1.807, 2.05) is 6.92 Å². The van der Waals surface area contributed by atoms with Crippen LogP contribution in [-0.2, 0) is 6.42 Å². The van der Waals surface area contributed by atoms with Crippen molar-refractivity contribution in [3.63, 3.8) is 0 Å². The molecular weight excluding hydrogens is 160 g/mol. The molecule has 1 atom stereocenters. The molecule has 1 heterocycles. The summed E-state index contributed by atoms with van der Waals surface area (Å²) in [5.41, 5.74) is 0.996. The fraction of sp³-hybridized carbons (Fsp3) is 0.714. The fourth-order valence-corrected chi connectivity index (χ4v) is 1.46. The van der Waals surface area contributed by atoms with Gasteiger partial charge in [-0.25, -0.2) is 0 Å². The van der Waals surface area contributed by atoms with Crippen molar-refractivity contribution in [2.24, 2.45) is 0 Å². The van der Waals surface area contributed by atoms with Crippen LogP contribution in [0.1, 0.15) is 23.9 Å². The summed E-state index contributed by atoms with van der Waals surface area (Å²) in [7, 11) is 0. The van der Waals surface area contributed by atoms with Crippen LogP contribution in [0, 0.1) is 6.92 Å². The lowest BCUT2D eigenvalue weighted by atomic mass is 10.2. The van der Waals surface area contributed by atoms with Crippen LogP contribution < -0.4 is 0 Å². The van der Waals surface area contributed by atoms with Gasteiger partial charge in [0.2, 0.25) is 0 Å². The maximum atomic E-state index is 9.01. The normalized spacial score (nSPS) is 13.4. The molecule has 0 amide bonds. The molecule has 3 nitrogen and oxygen atoms in total. The third kappa shape index (κ3) is 2.55. The van der Waals surface area contributed by atoms with Gasteiger partial charge in [-0.05, 0) is 38.2 Å². The number of aliphatic hydroxyl groups excluding tert-OH is 1. The Kier molecular flexibility index (Phi) is 2.96. The minimum absolute atomic E-state index is 0.225. The van der Waals surface area contributed by atoms with Gasteiger partial charge in [0.1, 0.15) is 0 Å². The second kappa shape index (κ2) is 3.78. The monoisotopic (exact) mass is 172 g/mol. The van der Waals surface area contributed by atoms with E-state index in [0.29, 0.717) is 0 Å². The molecule has 1 aromatic rings. The molecule has 0 aliphatic rings. The van der Waals surface area contributed by atoms with E-state index in [1.165, 1.54) is 16.4 Å². The molecule has 0 radical (unpaired) electrons. The molecule has 0 aromatic carbocycles. The van der Waals surface area contributed by atoms with E-state index in [2.05, 4.69) is 9.59 Å². The molecule has 0 fully saturated rings. The first-order chi connectivity index (χ1) is 5.20. The predicted octanol–water partition coefficient (Wildman–Crippen LogP) is 1.16. The number of hydrogen-bond donors (Lipinski definition) is 1. The van der Waals surface area contributed by atoms with Gasteiger partial charge in [-0.2, -0.15) is 0 Å². The van der Waals surface area contributed by atoms with Crippen LogP contribution >= 0.6 is 11.5 Å². The van der Waals surface area contributed by atoms with E-state index in [0.717, 1.165) is 18.5 Å². The summed E-state index contributed by atoms with van der Waals surface area (Å²) in [4.78, 5) is 1.19. The van der Waals surface area contributed by atoms with E-state index < -0.39 is 0 Å². The smallest absolute Gasteiger partial charge is 0.0756 e. The molecule has 1 N–H and O–H groups in total. The molecule has 1 rings (SSSR count). The van der Waals surface area contributed by atoms with Gasteiger partial charge in [-0.3, -0.25) is 0 Å². The van der Waals surface area contributed by atoms with E-state index in [9.17, 15) is 0 Å². The highest BCUT2D eigenvalue weighted by Gasteiger charge is 2.03. The van der Waals surface area contributed by atoms with Crippen molar-refractivity contribution in [2.75, 3.05) is 0 Å². The van der Waals surface area contributed by atoms with Crippen molar-refractivity contribution in [3.8, 4) is 0 Å². The minimum atomic E-state index is -0.225. The largest absolute Gasteiger partial charge is 0.393 e. The molecule has 1 aromatic heterocycles.